The summed E-state index contributed by atoms with van der Waals surface area (Å²) in [6.45, 7) is 8.41. The summed E-state index contributed by atoms with van der Waals surface area (Å²) in [6.07, 6.45) is 1.88. The summed E-state index contributed by atoms with van der Waals surface area (Å²) in [6, 6.07) is 54.4. The summed E-state index contributed by atoms with van der Waals surface area (Å²) < 4.78 is 6.39. The summed E-state index contributed by atoms with van der Waals surface area (Å²) in [5.74, 6) is 0.631. The first-order chi connectivity index (χ1) is 26.4. The molecule has 6 aromatic carbocycles. The van der Waals surface area contributed by atoms with E-state index < -0.39 is 0 Å². The predicted molar refractivity (Wildman–Crippen MR) is 223 cm³/mol. The number of rotatable bonds is 6. The van der Waals surface area contributed by atoms with Crippen LogP contribution in [0.15, 0.2) is 162 Å². The molecule has 0 fully saturated rings. The van der Waals surface area contributed by atoms with Gasteiger partial charge in [0.2, 0.25) is 5.89 Å². The van der Waals surface area contributed by atoms with E-state index in [0.29, 0.717) is 5.89 Å². The summed E-state index contributed by atoms with van der Waals surface area (Å²) in [7, 11) is 0. The van der Waals surface area contributed by atoms with E-state index in [2.05, 4.69) is 152 Å². The maximum atomic E-state index is 6.39. The van der Waals surface area contributed by atoms with E-state index in [4.69, 9.17) is 14.4 Å². The first-order valence-electron chi connectivity index (χ1n) is 18.8. The van der Waals surface area contributed by atoms with E-state index >= 15 is 0 Å². The Morgan fingerprint density at radius 3 is 1.74 bits per heavy atom. The lowest BCUT2D eigenvalue weighted by molar-refractivity contribution is 0.590. The van der Waals surface area contributed by atoms with Gasteiger partial charge >= 0.3 is 0 Å². The van der Waals surface area contributed by atoms with Crippen LogP contribution in [-0.4, -0.2) is 16.7 Å². The largest absolute Gasteiger partial charge is 0.436 e. The average molecular weight is 699 g/mol. The van der Waals surface area contributed by atoms with E-state index in [1.54, 1.807) is 0 Å². The molecule has 2 aromatic heterocycles. The number of oxazole rings is 1. The molecular formula is C48H39BN4O. The third-order valence-electron chi connectivity index (χ3n) is 11.0. The highest BCUT2D eigenvalue weighted by molar-refractivity contribution is 7.00. The number of benzene rings is 6. The van der Waals surface area contributed by atoms with Gasteiger partial charge in [-0.2, -0.15) is 0 Å². The SMILES string of the molecule is CC(C)(C)c1cc2c3c(c1)N(Cc1ccccc1)c1ccc(-c4nc5ccccc5o4)cc1B3c1cc(-c3ccccn3)ccc1N2Cc1ccccc1. The Hall–Kier alpha value is -6.40. The highest BCUT2D eigenvalue weighted by atomic mass is 16.3. The van der Waals surface area contributed by atoms with Gasteiger partial charge in [-0.3, -0.25) is 4.98 Å². The van der Waals surface area contributed by atoms with E-state index in [1.807, 2.05) is 36.5 Å². The van der Waals surface area contributed by atoms with Crippen molar-refractivity contribution in [1.82, 2.24) is 9.97 Å². The van der Waals surface area contributed by atoms with E-state index in [0.717, 1.165) is 41.0 Å². The van der Waals surface area contributed by atoms with Crippen molar-refractivity contribution in [3.05, 3.63) is 175 Å². The van der Waals surface area contributed by atoms with Crippen LogP contribution in [0, 0.1) is 0 Å². The van der Waals surface area contributed by atoms with Gasteiger partial charge in [0, 0.05) is 47.6 Å². The Labute approximate surface area is 316 Å². The summed E-state index contributed by atoms with van der Waals surface area (Å²) in [5, 5.41) is 0. The fourth-order valence-corrected chi connectivity index (χ4v) is 8.29. The first-order valence-corrected chi connectivity index (χ1v) is 18.8. The van der Waals surface area contributed by atoms with Crippen LogP contribution in [0.4, 0.5) is 22.7 Å². The highest BCUT2D eigenvalue weighted by Crippen LogP contribution is 2.43. The molecule has 260 valence electrons. The van der Waals surface area contributed by atoms with Gasteiger partial charge in [0.1, 0.15) is 5.52 Å². The Bertz CT molecular complexity index is 2620. The maximum Gasteiger partial charge on any atom is 0.252 e. The van der Waals surface area contributed by atoms with Gasteiger partial charge in [-0.15, -0.1) is 0 Å². The van der Waals surface area contributed by atoms with Crippen LogP contribution in [0.2, 0.25) is 0 Å². The van der Waals surface area contributed by atoms with Gasteiger partial charge in [-0.05, 0) is 98.7 Å². The maximum absolute atomic E-state index is 6.39. The van der Waals surface area contributed by atoms with E-state index in [9.17, 15) is 0 Å². The molecule has 0 radical (unpaired) electrons. The molecule has 0 amide bonds. The van der Waals surface area contributed by atoms with Crippen LogP contribution < -0.4 is 26.2 Å². The summed E-state index contributed by atoms with van der Waals surface area (Å²) >= 11 is 0. The molecule has 4 heterocycles. The quantitative estimate of drug-likeness (QED) is 0.162. The zero-order valence-corrected chi connectivity index (χ0v) is 30.7. The van der Waals surface area contributed by atoms with Crippen LogP contribution in [0.25, 0.3) is 33.8 Å². The van der Waals surface area contributed by atoms with Crippen LogP contribution in [0.5, 0.6) is 0 Å². The van der Waals surface area contributed by atoms with E-state index in [-0.39, 0.29) is 12.1 Å². The molecule has 8 aromatic rings. The third kappa shape index (κ3) is 5.49. The van der Waals surface area contributed by atoms with E-state index in [1.165, 1.54) is 55.8 Å². The standard InChI is InChI=1S/C48H39BN4O/c1-48(2,3)36-28-43-46-44(29-36)53(31-33-16-8-5-9-17-33)42-24-22-35(47-51-40-19-10-11-20-45(40)54-47)27-38(42)49(46)37-26-34(39-18-12-13-25-50-39)21-23-41(37)52(43)30-32-14-6-4-7-15-32/h4-29H,30-31H2,1-3H3. The molecule has 0 aliphatic carbocycles. The lowest BCUT2D eigenvalue weighted by Crippen LogP contribution is -2.62. The van der Waals surface area contributed by atoms with Gasteiger partial charge < -0.3 is 14.2 Å². The molecule has 0 saturated carbocycles. The molecule has 0 N–H and O–H groups in total. The van der Waals surface area contributed by atoms with Gasteiger partial charge in [0.05, 0.1) is 5.69 Å². The Morgan fingerprint density at radius 1 is 0.574 bits per heavy atom. The number of nitrogens with zero attached hydrogens (tertiary/aromatic N) is 4. The van der Waals surface area contributed by atoms with Crippen LogP contribution in [-0.2, 0) is 18.5 Å². The molecular weight excluding hydrogens is 659 g/mol. The second-order valence-electron chi connectivity index (χ2n) is 15.5. The van der Waals surface area contributed by atoms with Gasteiger partial charge in [0.15, 0.2) is 5.58 Å². The number of hydrogen-bond acceptors (Lipinski definition) is 5. The zero-order valence-electron chi connectivity index (χ0n) is 30.7. The lowest BCUT2D eigenvalue weighted by Gasteiger charge is -2.45. The number of fused-ring (bicyclic) bond motifs is 5. The average Bonchev–Trinajstić information content (AvgIpc) is 3.65. The minimum Gasteiger partial charge on any atom is -0.436 e. The van der Waals surface area contributed by atoms with Crippen LogP contribution in [0.1, 0.15) is 37.5 Å². The first kappa shape index (κ1) is 32.3. The highest BCUT2D eigenvalue weighted by Gasteiger charge is 2.43. The molecule has 6 heteroatoms. The molecule has 54 heavy (non-hydrogen) atoms. The van der Waals surface area contributed by atoms with Crippen molar-refractivity contribution in [3.8, 4) is 22.7 Å². The van der Waals surface area contributed by atoms with Crippen molar-refractivity contribution in [2.45, 2.75) is 39.3 Å². The van der Waals surface area contributed by atoms with Crippen LogP contribution >= 0.6 is 0 Å². The summed E-state index contributed by atoms with van der Waals surface area (Å²) in [5.41, 5.74) is 17.2. The number of anilines is 4. The van der Waals surface area contributed by atoms with Crippen molar-refractivity contribution in [3.63, 3.8) is 0 Å². The second kappa shape index (κ2) is 12.6. The lowest BCUT2D eigenvalue weighted by atomic mass is 9.33. The van der Waals surface area contributed by atoms with Crippen molar-refractivity contribution in [1.29, 1.82) is 0 Å². The molecule has 5 nitrogen and oxygen atoms in total. The summed E-state index contributed by atoms with van der Waals surface area (Å²) in [4.78, 5) is 14.8. The van der Waals surface area contributed by atoms with Crippen molar-refractivity contribution >= 4 is 57.0 Å². The molecule has 0 atom stereocenters. The monoisotopic (exact) mass is 698 g/mol. The minimum absolute atomic E-state index is 0.0407. The number of pyridine rings is 1. The van der Waals surface area contributed by atoms with Crippen molar-refractivity contribution in [2.75, 3.05) is 9.80 Å². The Morgan fingerprint density at radius 2 is 1.15 bits per heavy atom. The predicted octanol–water partition coefficient (Wildman–Crippen LogP) is 9.67. The molecule has 10 rings (SSSR count). The van der Waals surface area contributed by atoms with Crippen LogP contribution in [0.3, 0.4) is 0 Å². The topological polar surface area (TPSA) is 45.4 Å². The molecule has 2 aliphatic heterocycles. The molecule has 0 spiro atoms. The smallest absolute Gasteiger partial charge is 0.252 e. The van der Waals surface area contributed by atoms with Gasteiger partial charge in [0.25, 0.3) is 6.71 Å². The molecule has 2 aliphatic rings. The Kier molecular flexibility index (Phi) is 7.55. The number of para-hydroxylation sites is 2. The molecule has 0 unspecified atom stereocenters. The second-order valence-corrected chi connectivity index (χ2v) is 15.5. The third-order valence-corrected chi connectivity index (χ3v) is 11.0. The normalized spacial score (nSPS) is 13.1. The van der Waals surface area contributed by atoms with Gasteiger partial charge in [-0.1, -0.05) is 118 Å². The van der Waals surface area contributed by atoms with Gasteiger partial charge in [-0.25, -0.2) is 4.98 Å². The zero-order chi connectivity index (χ0) is 36.4. The number of hydrogen-bond donors (Lipinski definition) is 0. The fourth-order valence-electron chi connectivity index (χ4n) is 8.29. The molecule has 0 saturated heterocycles. The fraction of sp³-hybridized carbons (Fsp3) is 0.125. The number of aromatic nitrogens is 2. The van der Waals surface area contributed by atoms with Crippen molar-refractivity contribution < 1.29 is 4.42 Å². The minimum atomic E-state index is -0.0714. The Balaban J connectivity index is 1.27. The van der Waals surface area contributed by atoms with Crippen molar-refractivity contribution in [2.24, 2.45) is 0 Å². The molecule has 0 bridgehead atoms.